The molecule has 1 aromatic rings. The van der Waals surface area contributed by atoms with E-state index in [0.29, 0.717) is 23.8 Å². The zero-order chi connectivity index (χ0) is 15.7. The molecule has 0 spiro atoms. The van der Waals surface area contributed by atoms with Crippen molar-refractivity contribution in [2.75, 3.05) is 13.1 Å². The van der Waals surface area contributed by atoms with Gasteiger partial charge in [-0.15, -0.1) is 0 Å². The van der Waals surface area contributed by atoms with Crippen LogP contribution in [0.2, 0.25) is 5.15 Å². The van der Waals surface area contributed by atoms with Crippen LogP contribution in [-0.4, -0.2) is 36.9 Å². The maximum atomic E-state index is 12.4. The van der Waals surface area contributed by atoms with E-state index in [1.54, 1.807) is 12.1 Å². The predicted octanol–water partition coefficient (Wildman–Crippen LogP) is 1.87. The standard InChI is InChI=1S/C11H11ClF3N3O2S/c12-9-2-1-8(5-17-9)6-18-4-3-16-10(18)7-21(19,20)11(13,14)15/h1-2,5,7,16H,3-4,6H2. The molecule has 21 heavy (non-hydrogen) atoms. The van der Waals surface area contributed by atoms with Gasteiger partial charge in [-0.05, 0) is 11.6 Å². The van der Waals surface area contributed by atoms with Crippen LogP contribution >= 0.6 is 11.6 Å². The van der Waals surface area contributed by atoms with E-state index in [1.165, 1.54) is 11.1 Å². The SMILES string of the molecule is O=S(=O)(C=C1NCCN1Cc1ccc(Cl)nc1)C(F)(F)F. The van der Waals surface area contributed by atoms with Gasteiger partial charge in [-0.2, -0.15) is 13.2 Å². The molecule has 0 atom stereocenters. The van der Waals surface area contributed by atoms with E-state index < -0.39 is 15.3 Å². The Bertz CT molecular complexity index is 644. The van der Waals surface area contributed by atoms with Crippen molar-refractivity contribution >= 4 is 21.4 Å². The lowest BCUT2D eigenvalue weighted by Gasteiger charge is -2.19. The highest BCUT2D eigenvalue weighted by Gasteiger charge is 2.45. The number of nitrogens with one attached hydrogen (secondary N) is 1. The summed E-state index contributed by atoms with van der Waals surface area (Å²) in [7, 11) is -5.32. The summed E-state index contributed by atoms with van der Waals surface area (Å²) in [6.45, 7) is 0.985. The largest absolute Gasteiger partial charge is 0.501 e. The van der Waals surface area contributed by atoms with Gasteiger partial charge >= 0.3 is 5.51 Å². The molecule has 0 aromatic carbocycles. The molecule has 1 saturated heterocycles. The van der Waals surface area contributed by atoms with Crippen molar-refractivity contribution in [1.29, 1.82) is 0 Å². The molecule has 1 aromatic heterocycles. The Balaban J connectivity index is 2.19. The number of pyridine rings is 1. The lowest BCUT2D eigenvalue weighted by molar-refractivity contribution is -0.0424. The summed E-state index contributed by atoms with van der Waals surface area (Å²) >= 11 is 5.64. The second kappa shape index (κ2) is 5.72. The number of rotatable bonds is 3. The summed E-state index contributed by atoms with van der Waals surface area (Å²) in [5, 5.41) is 3.14. The van der Waals surface area contributed by atoms with Crippen LogP contribution in [0.15, 0.2) is 29.6 Å². The molecule has 1 aliphatic rings. The predicted molar refractivity (Wildman–Crippen MR) is 70.7 cm³/mol. The fourth-order valence-electron chi connectivity index (χ4n) is 1.77. The van der Waals surface area contributed by atoms with Gasteiger partial charge in [0.25, 0.3) is 9.84 Å². The normalized spacial score (nSPS) is 18.1. The number of hydrogen-bond donors (Lipinski definition) is 1. The summed E-state index contributed by atoms with van der Waals surface area (Å²) in [5.74, 6) is -0.0812. The van der Waals surface area contributed by atoms with Crippen molar-refractivity contribution < 1.29 is 21.6 Å². The van der Waals surface area contributed by atoms with Crippen molar-refractivity contribution in [3.63, 3.8) is 0 Å². The first-order valence-electron chi connectivity index (χ1n) is 5.81. The number of halogens is 4. The van der Waals surface area contributed by atoms with Crippen molar-refractivity contribution in [2.45, 2.75) is 12.1 Å². The second-order valence-corrected chi connectivity index (χ2v) is 6.51. The maximum Gasteiger partial charge on any atom is 0.501 e. The van der Waals surface area contributed by atoms with E-state index in [-0.39, 0.29) is 17.8 Å². The van der Waals surface area contributed by atoms with E-state index >= 15 is 0 Å². The number of sulfone groups is 1. The van der Waals surface area contributed by atoms with Crippen LogP contribution in [-0.2, 0) is 16.4 Å². The highest BCUT2D eigenvalue weighted by atomic mass is 35.5. The molecular formula is C11H11ClF3N3O2S. The van der Waals surface area contributed by atoms with Crippen molar-refractivity contribution in [1.82, 2.24) is 15.2 Å². The summed E-state index contributed by atoms with van der Waals surface area (Å²) in [6, 6.07) is 3.22. The van der Waals surface area contributed by atoms with Gasteiger partial charge in [0.15, 0.2) is 0 Å². The molecule has 2 rings (SSSR count). The number of hydrogen-bond acceptors (Lipinski definition) is 5. The first-order valence-corrected chi connectivity index (χ1v) is 7.74. The third-order valence-corrected chi connectivity index (χ3v) is 4.18. The topological polar surface area (TPSA) is 62.3 Å². The van der Waals surface area contributed by atoms with Crippen LogP contribution in [0.25, 0.3) is 0 Å². The molecule has 0 bridgehead atoms. The molecule has 1 N–H and O–H groups in total. The van der Waals surface area contributed by atoms with E-state index in [9.17, 15) is 21.6 Å². The minimum absolute atomic E-state index is 0.0812. The molecule has 0 saturated carbocycles. The average molecular weight is 342 g/mol. The molecule has 1 fully saturated rings. The molecular weight excluding hydrogens is 331 g/mol. The van der Waals surface area contributed by atoms with E-state index in [1.807, 2.05) is 0 Å². The monoisotopic (exact) mass is 341 g/mol. The molecule has 0 aliphatic carbocycles. The lowest BCUT2D eigenvalue weighted by atomic mass is 10.3. The molecule has 5 nitrogen and oxygen atoms in total. The molecule has 116 valence electrons. The third kappa shape index (κ3) is 3.79. The van der Waals surface area contributed by atoms with E-state index in [0.717, 1.165) is 0 Å². The van der Waals surface area contributed by atoms with Crippen LogP contribution in [0.1, 0.15) is 5.56 Å². The smallest absolute Gasteiger partial charge is 0.369 e. The van der Waals surface area contributed by atoms with Crippen LogP contribution in [0.3, 0.4) is 0 Å². The Morgan fingerprint density at radius 3 is 2.71 bits per heavy atom. The first kappa shape index (κ1) is 15.9. The Kier molecular flexibility index (Phi) is 4.33. The minimum atomic E-state index is -5.32. The molecule has 10 heteroatoms. The van der Waals surface area contributed by atoms with E-state index in [4.69, 9.17) is 11.6 Å². The maximum absolute atomic E-state index is 12.4. The summed E-state index contributed by atoms with van der Waals surface area (Å²) in [4.78, 5) is 5.35. The quantitative estimate of drug-likeness (QED) is 0.850. The highest BCUT2D eigenvalue weighted by molar-refractivity contribution is 7.95. The van der Waals surface area contributed by atoms with Crippen LogP contribution in [0.4, 0.5) is 13.2 Å². The molecule has 0 radical (unpaired) electrons. The summed E-state index contributed by atoms with van der Waals surface area (Å²) < 4.78 is 59.5. The Hall–Kier alpha value is -1.48. The molecule has 1 aliphatic heterocycles. The van der Waals surface area contributed by atoms with Gasteiger partial charge in [0, 0.05) is 25.8 Å². The summed E-state index contributed by atoms with van der Waals surface area (Å²) in [6.07, 6.45) is 1.48. The zero-order valence-electron chi connectivity index (χ0n) is 10.6. The van der Waals surface area contributed by atoms with Crippen LogP contribution < -0.4 is 5.32 Å². The van der Waals surface area contributed by atoms with Crippen LogP contribution in [0.5, 0.6) is 0 Å². The number of alkyl halides is 3. The number of nitrogens with zero attached hydrogens (tertiary/aromatic N) is 2. The Labute approximate surface area is 124 Å². The second-order valence-electron chi connectivity index (χ2n) is 4.33. The fourth-order valence-corrected chi connectivity index (χ4v) is 2.54. The van der Waals surface area contributed by atoms with Gasteiger partial charge in [-0.3, -0.25) is 0 Å². The van der Waals surface area contributed by atoms with Gasteiger partial charge in [-0.25, -0.2) is 13.4 Å². The Morgan fingerprint density at radius 1 is 1.43 bits per heavy atom. The van der Waals surface area contributed by atoms with Crippen molar-refractivity contribution in [2.24, 2.45) is 0 Å². The minimum Gasteiger partial charge on any atom is -0.369 e. The lowest BCUT2D eigenvalue weighted by Crippen LogP contribution is -2.25. The highest BCUT2D eigenvalue weighted by Crippen LogP contribution is 2.26. The van der Waals surface area contributed by atoms with Gasteiger partial charge < -0.3 is 10.2 Å². The third-order valence-electron chi connectivity index (χ3n) is 2.78. The fraction of sp³-hybridized carbons (Fsp3) is 0.364. The zero-order valence-corrected chi connectivity index (χ0v) is 12.1. The molecule has 0 unspecified atom stereocenters. The van der Waals surface area contributed by atoms with Gasteiger partial charge in [-0.1, -0.05) is 17.7 Å². The summed E-state index contributed by atoms with van der Waals surface area (Å²) in [5.41, 5.74) is -4.60. The van der Waals surface area contributed by atoms with Crippen molar-refractivity contribution in [3.05, 3.63) is 40.3 Å². The van der Waals surface area contributed by atoms with E-state index in [2.05, 4.69) is 10.3 Å². The van der Waals surface area contributed by atoms with Crippen LogP contribution in [0, 0.1) is 0 Å². The van der Waals surface area contributed by atoms with Gasteiger partial charge in [0.1, 0.15) is 11.0 Å². The first-order chi connectivity index (χ1) is 9.69. The molecule has 0 amide bonds. The van der Waals surface area contributed by atoms with Gasteiger partial charge in [0.2, 0.25) is 0 Å². The Morgan fingerprint density at radius 2 is 2.14 bits per heavy atom. The average Bonchev–Trinajstić information content (AvgIpc) is 2.77. The van der Waals surface area contributed by atoms with Gasteiger partial charge in [0.05, 0.1) is 5.41 Å². The van der Waals surface area contributed by atoms with Crippen molar-refractivity contribution in [3.8, 4) is 0 Å². The number of aromatic nitrogens is 1. The molecule has 2 heterocycles.